The summed E-state index contributed by atoms with van der Waals surface area (Å²) >= 11 is 1.73. The molecule has 0 radical (unpaired) electrons. The van der Waals surface area contributed by atoms with Crippen molar-refractivity contribution in [2.24, 2.45) is 0 Å². The Morgan fingerprint density at radius 2 is 1.74 bits per heavy atom. The molecule has 0 amide bonds. The highest BCUT2D eigenvalue weighted by molar-refractivity contribution is 7.98. The summed E-state index contributed by atoms with van der Waals surface area (Å²) in [7, 11) is 0. The Bertz CT molecular complexity index is 1010. The van der Waals surface area contributed by atoms with Gasteiger partial charge in [0.2, 0.25) is 0 Å². The Morgan fingerprint density at radius 1 is 1.06 bits per heavy atom. The standard InChI is InChI=1S/C25H29NO4S/c1-5-30-25(3,24(27)28)20-9-11-21(12-10-20)29-17-16-26-18(2)6-15-23(26)19-7-13-22(31-4)14-8-19/h6-15H,5,16-17H2,1-4H3,(H,27,28). The van der Waals surface area contributed by atoms with E-state index in [1.165, 1.54) is 16.2 Å². The van der Waals surface area contributed by atoms with Gasteiger partial charge in [-0.25, -0.2) is 4.79 Å². The summed E-state index contributed by atoms with van der Waals surface area (Å²) < 4.78 is 13.7. The molecule has 0 saturated carbocycles. The fraction of sp³-hybridized carbons (Fsp3) is 0.320. The molecular formula is C25H29NO4S. The van der Waals surface area contributed by atoms with Crippen LogP contribution < -0.4 is 4.74 Å². The van der Waals surface area contributed by atoms with Crippen molar-refractivity contribution in [2.45, 2.75) is 37.8 Å². The van der Waals surface area contributed by atoms with Crippen LogP contribution in [0, 0.1) is 6.92 Å². The minimum Gasteiger partial charge on any atom is -0.492 e. The number of aryl methyl sites for hydroxylation is 1. The number of aliphatic carboxylic acids is 1. The van der Waals surface area contributed by atoms with Crippen LogP contribution in [-0.2, 0) is 21.7 Å². The summed E-state index contributed by atoms with van der Waals surface area (Å²) in [5.41, 5.74) is 2.75. The van der Waals surface area contributed by atoms with Gasteiger partial charge in [-0.3, -0.25) is 0 Å². The van der Waals surface area contributed by atoms with E-state index in [1.54, 1.807) is 49.9 Å². The van der Waals surface area contributed by atoms with Crippen molar-refractivity contribution in [1.29, 1.82) is 0 Å². The summed E-state index contributed by atoms with van der Waals surface area (Å²) in [6.07, 6.45) is 2.07. The number of aromatic nitrogens is 1. The van der Waals surface area contributed by atoms with Crippen LogP contribution in [0.2, 0.25) is 0 Å². The van der Waals surface area contributed by atoms with Crippen LogP contribution in [0.25, 0.3) is 11.3 Å². The smallest absolute Gasteiger partial charge is 0.340 e. The van der Waals surface area contributed by atoms with Gasteiger partial charge in [0.15, 0.2) is 5.60 Å². The molecule has 0 fully saturated rings. The summed E-state index contributed by atoms with van der Waals surface area (Å²) in [5.74, 6) is -0.312. The third kappa shape index (κ3) is 5.14. The summed E-state index contributed by atoms with van der Waals surface area (Å²) in [5, 5.41) is 9.55. The van der Waals surface area contributed by atoms with Gasteiger partial charge in [-0.1, -0.05) is 24.3 Å². The van der Waals surface area contributed by atoms with Crippen molar-refractivity contribution in [3.63, 3.8) is 0 Å². The molecule has 1 N–H and O–H groups in total. The minimum absolute atomic E-state index is 0.319. The van der Waals surface area contributed by atoms with E-state index in [1.807, 2.05) is 0 Å². The molecule has 0 aliphatic carbocycles. The van der Waals surface area contributed by atoms with Crippen LogP contribution in [0.4, 0.5) is 0 Å². The van der Waals surface area contributed by atoms with E-state index in [2.05, 4.69) is 54.1 Å². The molecule has 5 nitrogen and oxygen atoms in total. The number of hydrogen-bond acceptors (Lipinski definition) is 4. The Morgan fingerprint density at radius 3 is 2.32 bits per heavy atom. The Balaban J connectivity index is 1.67. The topological polar surface area (TPSA) is 60.7 Å². The van der Waals surface area contributed by atoms with Crippen LogP contribution in [-0.4, -0.2) is 35.1 Å². The van der Waals surface area contributed by atoms with E-state index in [-0.39, 0.29) is 0 Å². The molecule has 3 rings (SSSR count). The van der Waals surface area contributed by atoms with Gasteiger partial charge in [-0.15, -0.1) is 11.8 Å². The van der Waals surface area contributed by atoms with E-state index in [0.29, 0.717) is 31.1 Å². The normalized spacial score (nSPS) is 13.0. The molecule has 0 bridgehead atoms. The molecule has 3 aromatic rings. The molecule has 0 aliphatic heterocycles. The molecule has 6 heteroatoms. The second-order valence-electron chi connectivity index (χ2n) is 7.38. The lowest BCUT2D eigenvalue weighted by atomic mass is 9.96. The van der Waals surface area contributed by atoms with E-state index < -0.39 is 11.6 Å². The van der Waals surface area contributed by atoms with E-state index >= 15 is 0 Å². The van der Waals surface area contributed by atoms with E-state index in [4.69, 9.17) is 9.47 Å². The number of ether oxygens (including phenoxy) is 2. The molecule has 1 atom stereocenters. The lowest BCUT2D eigenvalue weighted by Gasteiger charge is -2.25. The maximum atomic E-state index is 11.7. The van der Waals surface area contributed by atoms with Gasteiger partial charge in [-0.2, -0.15) is 0 Å². The minimum atomic E-state index is -1.36. The van der Waals surface area contributed by atoms with Crippen molar-refractivity contribution in [3.05, 3.63) is 71.9 Å². The van der Waals surface area contributed by atoms with Gasteiger partial charge in [0.05, 0.1) is 6.54 Å². The quantitative estimate of drug-likeness (QED) is 0.417. The average Bonchev–Trinajstić information content (AvgIpc) is 3.14. The van der Waals surface area contributed by atoms with Gasteiger partial charge in [-0.05, 0) is 74.6 Å². The predicted octanol–water partition coefficient (Wildman–Crippen LogP) is 5.60. The predicted molar refractivity (Wildman–Crippen MR) is 125 cm³/mol. The summed E-state index contributed by atoms with van der Waals surface area (Å²) in [6, 6.07) is 19.9. The first-order chi connectivity index (χ1) is 14.9. The highest BCUT2D eigenvalue weighted by Gasteiger charge is 2.35. The van der Waals surface area contributed by atoms with Crippen molar-refractivity contribution in [3.8, 4) is 17.0 Å². The number of hydrogen-bond donors (Lipinski definition) is 1. The molecule has 1 heterocycles. The number of carboxylic acid groups (broad SMARTS) is 1. The molecular weight excluding hydrogens is 410 g/mol. The molecule has 164 valence electrons. The zero-order valence-corrected chi connectivity index (χ0v) is 19.2. The fourth-order valence-electron chi connectivity index (χ4n) is 3.56. The largest absolute Gasteiger partial charge is 0.492 e. The van der Waals surface area contributed by atoms with Crippen LogP contribution in [0.5, 0.6) is 5.75 Å². The van der Waals surface area contributed by atoms with Gasteiger partial charge < -0.3 is 19.1 Å². The molecule has 1 aromatic heterocycles. The van der Waals surface area contributed by atoms with Crippen LogP contribution >= 0.6 is 11.8 Å². The number of carboxylic acids is 1. The van der Waals surface area contributed by atoms with E-state index in [9.17, 15) is 9.90 Å². The van der Waals surface area contributed by atoms with E-state index in [0.717, 1.165) is 5.69 Å². The SMILES string of the molecule is CCOC(C)(C(=O)O)c1ccc(OCCn2c(C)ccc2-c2ccc(SC)cc2)cc1. The lowest BCUT2D eigenvalue weighted by Crippen LogP contribution is -2.35. The first kappa shape index (κ1) is 23.0. The van der Waals surface area contributed by atoms with Gasteiger partial charge in [0.1, 0.15) is 12.4 Å². The molecule has 31 heavy (non-hydrogen) atoms. The van der Waals surface area contributed by atoms with Crippen molar-refractivity contribution in [1.82, 2.24) is 4.57 Å². The number of benzene rings is 2. The molecule has 2 aromatic carbocycles. The molecule has 1 unspecified atom stereocenters. The number of thioether (sulfide) groups is 1. The van der Waals surface area contributed by atoms with Gasteiger partial charge in [0, 0.05) is 22.9 Å². The molecule has 0 spiro atoms. The lowest BCUT2D eigenvalue weighted by molar-refractivity contribution is -0.164. The maximum Gasteiger partial charge on any atom is 0.340 e. The molecule has 0 aliphatic rings. The first-order valence-corrected chi connectivity index (χ1v) is 11.5. The van der Waals surface area contributed by atoms with Gasteiger partial charge in [0.25, 0.3) is 0 Å². The highest BCUT2D eigenvalue weighted by atomic mass is 32.2. The second-order valence-corrected chi connectivity index (χ2v) is 8.26. The van der Waals surface area contributed by atoms with Crippen LogP contribution in [0.15, 0.2) is 65.6 Å². The summed E-state index contributed by atoms with van der Waals surface area (Å²) in [6.45, 7) is 6.98. The highest BCUT2D eigenvalue weighted by Crippen LogP contribution is 2.28. The van der Waals surface area contributed by atoms with Crippen LogP contribution in [0.3, 0.4) is 0 Å². The number of rotatable bonds is 10. The fourth-order valence-corrected chi connectivity index (χ4v) is 3.97. The number of carbonyl (C=O) groups is 1. The average molecular weight is 440 g/mol. The third-order valence-electron chi connectivity index (χ3n) is 5.41. The Hall–Kier alpha value is -2.70. The first-order valence-electron chi connectivity index (χ1n) is 10.3. The second kappa shape index (κ2) is 10.1. The third-order valence-corrected chi connectivity index (χ3v) is 6.16. The van der Waals surface area contributed by atoms with Crippen molar-refractivity contribution >= 4 is 17.7 Å². The number of nitrogens with zero attached hydrogens (tertiary/aromatic N) is 1. The monoisotopic (exact) mass is 439 g/mol. The Kier molecular flexibility index (Phi) is 7.46. The van der Waals surface area contributed by atoms with Crippen molar-refractivity contribution < 1.29 is 19.4 Å². The van der Waals surface area contributed by atoms with Crippen molar-refractivity contribution in [2.75, 3.05) is 19.5 Å². The zero-order chi connectivity index (χ0) is 22.4. The zero-order valence-electron chi connectivity index (χ0n) is 18.4. The summed E-state index contributed by atoms with van der Waals surface area (Å²) in [4.78, 5) is 12.9. The maximum absolute atomic E-state index is 11.7. The molecule has 0 saturated heterocycles. The van der Waals surface area contributed by atoms with Gasteiger partial charge >= 0.3 is 5.97 Å². The Labute approximate surface area is 188 Å². The van der Waals surface area contributed by atoms with Crippen LogP contribution in [0.1, 0.15) is 25.1 Å².